The van der Waals surface area contributed by atoms with E-state index in [-0.39, 0.29) is 5.78 Å². The second-order valence-corrected chi connectivity index (χ2v) is 6.43. The van der Waals surface area contributed by atoms with Crippen molar-refractivity contribution in [2.24, 2.45) is 0 Å². The Morgan fingerprint density at radius 3 is 2.04 bits per heavy atom. The standard InChI is InChI=1S/C22H20ClNO2/c1-24-20(21(25)16-8-4-2-5-9-16)22(17-12-14-18(23)15-13-17)26-19-10-6-3-7-11-19/h2-15,20,22,24H,1H3/p+1/t20-,22+/m1/s1. The zero-order valence-corrected chi connectivity index (χ0v) is 15.3. The predicted molar refractivity (Wildman–Crippen MR) is 104 cm³/mol. The van der Waals surface area contributed by atoms with Crippen molar-refractivity contribution in [1.82, 2.24) is 0 Å². The Kier molecular flexibility index (Phi) is 6.05. The van der Waals surface area contributed by atoms with Crippen LogP contribution >= 0.6 is 11.6 Å². The fourth-order valence-corrected chi connectivity index (χ4v) is 3.03. The van der Waals surface area contributed by atoms with Gasteiger partial charge in [0.05, 0.1) is 7.05 Å². The molecule has 0 aromatic heterocycles. The highest BCUT2D eigenvalue weighted by Crippen LogP contribution is 2.26. The summed E-state index contributed by atoms with van der Waals surface area (Å²) in [6, 6.07) is 25.9. The molecule has 0 unspecified atom stereocenters. The molecule has 0 fully saturated rings. The highest BCUT2D eigenvalue weighted by atomic mass is 35.5. The molecule has 0 aliphatic carbocycles. The van der Waals surface area contributed by atoms with E-state index < -0.39 is 12.1 Å². The molecule has 3 nitrogen and oxygen atoms in total. The van der Waals surface area contributed by atoms with Crippen molar-refractivity contribution in [2.45, 2.75) is 12.1 Å². The van der Waals surface area contributed by atoms with Crippen LogP contribution in [0.25, 0.3) is 0 Å². The molecule has 3 aromatic rings. The van der Waals surface area contributed by atoms with Crippen LogP contribution in [-0.2, 0) is 0 Å². The fourth-order valence-electron chi connectivity index (χ4n) is 2.91. The van der Waals surface area contributed by atoms with Gasteiger partial charge in [-0.25, -0.2) is 0 Å². The van der Waals surface area contributed by atoms with Gasteiger partial charge in [-0.2, -0.15) is 0 Å². The Morgan fingerprint density at radius 1 is 0.885 bits per heavy atom. The zero-order valence-electron chi connectivity index (χ0n) is 14.5. The number of ether oxygens (including phenoxy) is 1. The van der Waals surface area contributed by atoms with Crippen molar-refractivity contribution in [3.63, 3.8) is 0 Å². The van der Waals surface area contributed by atoms with E-state index in [1.165, 1.54) is 0 Å². The van der Waals surface area contributed by atoms with Crippen LogP contribution in [0.1, 0.15) is 22.0 Å². The summed E-state index contributed by atoms with van der Waals surface area (Å²) < 4.78 is 6.24. The minimum atomic E-state index is -0.438. The van der Waals surface area contributed by atoms with Gasteiger partial charge in [0.25, 0.3) is 0 Å². The van der Waals surface area contributed by atoms with Crippen molar-refractivity contribution in [3.05, 3.63) is 101 Å². The van der Waals surface area contributed by atoms with Crippen molar-refractivity contribution >= 4 is 17.4 Å². The van der Waals surface area contributed by atoms with Gasteiger partial charge >= 0.3 is 0 Å². The second kappa shape index (κ2) is 8.65. The van der Waals surface area contributed by atoms with E-state index in [2.05, 4.69) is 0 Å². The van der Waals surface area contributed by atoms with Crippen LogP contribution in [0, 0.1) is 0 Å². The summed E-state index contributed by atoms with van der Waals surface area (Å²) in [7, 11) is 1.89. The molecule has 0 spiro atoms. The average molecular weight is 367 g/mol. The number of hydrogen-bond acceptors (Lipinski definition) is 2. The van der Waals surface area contributed by atoms with Gasteiger partial charge in [-0.05, 0) is 29.8 Å². The summed E-state index contributed by atoms with van der Waals surface area (Å²) in [6.45, 7) is 0. The summed E-state index contributed by atoms with van der Waals surface area (Å²) in [5.41, 5.74) is 1.58. The third kappa shape index (κ3) is 4.31. The highest BCUT2D eigenvalue weighted by Gasteiger charge is 2.34. The number of benzene rings is 3. The number of ketones is 1. The normalized spacial score (nSPS) is 13.0. The molecule has 26 heavy (non-hydrogen) atoms. The first kappa shape index (κ1) is 18.2. The largest absolute Gasteiger partial charge is 0.479 e. The van der Waals surface area contributed by atoms with E-state index in [4.69, 9.17) is 16.3 Å². The first-order valence-corrected chi connectivity index (χ1v) is 8.92. The average Bonchev–Trinajstić information content (AvgIpc) is 2.70. The van der Waals surface area contributed by atoms with Crippen LogP contribution in [-0.4, -0.2) is 18.9 Å². The summed E-state index contributed by atoms with van der Waals surface area (Å²) >= 11 is 6.03. The first-order chi connectivity index (χ1) is 12.7. The summed E-state index contributed by atoms with van der Waals surface area (Å²) in [6.07, 6.45) is -0.438. The molecule has 3 rings (SSSR count). The lowest BCUT2D eigenvalue weighted by Crippen LogP contribution is -2.89. The molecule has 0 bridgehead atoms. The molecule has 0 amide bonds. The van der Waals surface area contributed by atoms with Gasteiger partial charge in [0.2, 0.25) is 5.78 Å². The van der Waals surface area contributed by atoms with Crippen molar-refractivity contribution < 1.29 is 14.8 Å². The zero-order chi connectivity index (χ0) is 18.4. The minimum Gasteiger partial charge on any atom is -0.479 e. The van der Waals surface area contributed by atoms with Crippen LogP contribution < -0.4 is 10.1 Å². The number of halogens is 1. The summed E-state index contributed by atoms with van der Waals surface area (Å²) in [5, 5.41) is 2.55. The number of carbonyl (C=O) groups is 1. The van der Waals surface area contributed by atoms with Gasteiger partial charge in [-0.1, -0.05) is 72.3 Å². The third-order valence-electron chi connectivity index (χ3n) is 4.25. The lowest BCUT2D eigenvalue weighted by atomic mass is 9.94. The number of hydrogen-bond donors (Lipinski definition) is 1. The second-order valence-electron chi connectivity index (χ2n) is 5.99. The maximum Gasteiger partial charge on any atom is 0.224 e. The Labute approximate surface area is 158 Å². The monoisotopic (exact) mass is 366 g/mol. The Hall–Kier alpha value is -2.62. The molecule has 3 aromatic carbocycles. The van der Waals surface area contributed by atoms with Crippen LogP contribution in [0.15, 0.2) is 84.9 Å². The number of Topliss-reactive ketones (excluding diaryl/α,β-unsaturated/α-hetero) is 1. The summed E-state index contributed by atoms with van der Waals surface area (Å²) in [5.74, 6) is 0.754. The predicted octanol–water partition coefficient (Wildman–Crippen LogP) is 3.90. The van der Waals surface area contributed by atoms with E-state index in [1.807, 2.05) is 97.3 Å². The lowest BCUT2D eigenvalue weighted by Gasteiger charge is -2.25. The molecule has 0 heterocycles. The third-order valence-corrected chi connectivity index (χ3v) is 4.50. The van der Waals surface area contributed by atoms with Gasteiger partial charge in [0.1, 0.15) is 5.75 Å². The van der Waals surface area contributed by atoms with Crippen molar-refractivity contribution in [2.75, 3.05) is 7.05 Å². The number of quaternary nitrogens is 1. The smallest absolute Gasteiger partial charge is 0.224 e. The molecular formula is C22H21ClNO2+. The van der Waals surface area contributed by atoms with Crippen LogP contribution in [0.2, 0.25) is 5.02 Å². The van der Waals surface area contributed by atoms with Gasteiger partial charge in [0, 0.05) is 10.6 Å². The molecular weight excluding hydrogens is 346 g/mol. The molecule has 4 heteroatoms. The lowest BCUT2D eigenvalue weighted by molar-refractivity contribution is -0.656. The van der Waals surface area contributed by atoms with E-state index in [0.717, 1.165) is 11.3 Å². The first-order valence-electron chi connectivity index (χ1n) is 8.55. The molecule has 0 saturated heterocycles. The fraction of sp³-hybridized carbons (Fsp3) is 0.136. The van der Waals surface area contributed by atoms with Gasteiger partial charge in [-0.15, -0.1) is 0 Å². The van der Waals surface area contributed by atoms with Gasteiger partial charge < -0.3 is 10.1 Å². The SMILES string of the molecule is C[NH2+][C@H](C(=O)c1ccccc1)[C@@H](Oc1ccccc1)c1ccc(Cl)cc1. The topological polar surface area (TPSA) is 42.9 Å². The van der Waals surface area contributed by atoms with Crippen LogP contribution in [0.5, 0.6) is 5.75 Å². The highest BCUT2D eigenvalue weighted by molar-refractivity contribution is 6.30. The molecule has 132 valence electrons. The quantitative estimate of drug-likeness (QED) is 0.644. The molecule has 0 saturated carbocycles. The molecule has 2 N–H and O–H groups in total. The molecule has 2 atom stereocenters. The van der Waals surface area contributed by atoms with Crippen molar-refractivity contribution in [3.8, 4) is 5.75 Å². The van der Waals surface area contributed by atoms with E-state index in [1.54, 1.807) is 0 Å². The maximum absolute atomic E-state index is 13.1. The summed E-state index contributed by atoms with van der Waals surface area (Å²) in [4.78, 5) is 13.1. The molecule has 0 aliphatic rings. The number of para-hydroxylation sites is 1. The number of nitrogens with two attached hydrogens (primary N) is 1. The van der Waals surface area contributed by atoms with E-state index in [9.17, 15) is 4.79 Å². The number of likely N-dealkylation sites (N-methyl/N-ethyl adjacent to an activating group) is 1. The molecule has 0 aliphatic heterocycles. The van der Waals surface area contributed by atoms with Crippen molar-refractivity contribution in [1.29, 1.82) is 0 Å². The van der Waals surface area contributed by atoms with Crippen LogP contribution in [0.4, 0.5) is 0 Å². The Balaban J connectivity index is 1.97. The maximum atomic E-state index is 13.1. The van der Waals surface area contributed by atoms with E-state index in [0.29, 0.717) is 10.6 Å². The Bertz CT molecular complexity index is 835. The Morgan fingerprint density at radius 2 is 1.46 bits per heavy atom. The minimum absolute atomic E-state index is 0.0315. The molecule has 0 radical (unpaired) electrons. The van der Waals surface area contributed by atoms with E-state index >= 15 is 0 Å². The van der Waals surface area contributed by atoms with Gasteiger partial charge in [0.15, 0.2) is 12.1 Å². The number of rotatable bonds is 7. The van der Waals surface area contributed by atoms with Gasteiger partial charge in [-0.3, -0.25) is 4.79 Å². The number of carbonyl (C=O) groups excluding carboxylic acids is 1. The van der Waals surface area contributed by atoms with Crippen LogP contribution in [0.3, 0.4) is 0 Å².